The maximum atomic E-state index is 3.78. The van der Waals surface area contributed by atoms with Crippen molar-refractivity contribution in [3.8, 4) is 11.1 Å². The zero-order valence-electron chi connectivity index (χ0n) is 13.5. The lowest BCUT2D eigenvalue weighted by atomic mass is 9.82. The molecule has 0 aliphatic heterocycles. The number of hydrogen-bond acceptors (Lipinski definition) is 0. The van der Waals surface area contributed by atoms with E-state index >= 15 is 0 Å². The van der Waals surface area contributed by atoms with Gasteiger partial charge in [-0.05, 0) is 76.1 Å². The summed E-state index contributed by atoms with van der Waals surface area (Å²) >= 11 is 2.37. The molecule has 0 N–H and O–H groups in total. The van der Waals surface area contributed by atoms with Gasteiger partial charge in [0.2, 0.25) is 0 Å². The second-order valence-electron chi connectivity index (χ2n) is 6.34. The first-order valence-corrected chi connectivity index (χ1v) is 8.81. The van der Waals surface area contributed by atoms with Crippen LogP contribution in [0.1, 0.15) is 25.0 Å². The van der Waals surface area contributed by atoms with Gasteiger partial charge in [0.1, 0.15) is 0 Å². The van der Waals surface area contributed by atoms with Crippen LogP contribution in [-0.4, -0.2) is 0 Å². The molecule has 0 fully saturated rings. The number of allylic oxidation sites excluding steroid dienone is 5. The highest BCUT2D eigenvalue weighted by molar-refractivity contribution is 14.1. The Morgan fingerprint density at radius 3 is 2.83 bits per heavy atom. The van der Waals surface area contributed by atoms with Crippen molar-refractivity contribution in [2.45, 2.75) is 25.7 Å². The summed E-state index contributed by atoms with van der Waals surface area (Å²) in [4.78, 5) is 0. The second kappa shape index (κ2) is 6.37. The highest BCUT2D eigenvalue weighted by Gasteiger charge is 2.34. The molecule has 0 saturated carbocycles. The smallest absolute Gasteiger partial charge is 0.0321 e. The van der Waals surface area contributed by atoms with Crippen LogP contribution in [0, 0.1) is 12.1 Å². The predicted octanol–water partition coefficient (Wildman–Crippen LogP) is 6.22. The van der Waals surface area contributed by atoms with Crippen molar-refractivity contribution in [3.63, 3.8) is 0 Å². The van der Waals surface area contributed by atoms with Gasteiger partial charge in [0.25, 0.3) is 0 Å². The van der Waals surface area contributed by atoms with Crippen molar-refractivity contribution in [1.29, 1.82) is 0 Å². The zero-order chi connectivity index (χ0) is 16.4. The lowest BCUT2D eigenvalue weighted by Gasteiger charge is -2.22. The normalized spacial score (nSPS) is 17.7. The molecule has 1 aliphatic rings. The van der Waals surface area contributed by atoms with Crippen LogP contribution in [0.2, 0.25) is 0 Å². The van der Waals surface area contributed by atoms with Crippen molar-refractivity contribution >= 4 is 22.6 Å². The van der Waals surface area contributed by atoms with E-state index in [0.717, 1.165) is 12.0 Å². The molecule has 0 bridgehead atoms. The van der Waals surface area contributed by atoms with Gasteiger partial charge in [-0.25, -0.2) is 0 Å². The van der Waals surface area contributed by atoms with Gasteiger partial charge >= 0.3 is 0 Å². The van der Waals surface area contributed by atoms with Crippen LogP contribution in [-0.2, 0) is 11.8 Å². The van der Waals surface area contributed by atoms with Crippen LogP contribution in [0.3, 0.4) is 0 Å². The average Bonchev–Trinajstić information content (AvgIpc) is 2.79. The zero-order valence-corrected chi connectivity index (χ0v) is 15.6. The van der Waals surface area contributed by atoms with Crippen molar-refractivity contribution in [2.75, 3.05) is 0 Å². The van der Waals surface area contributed by atoms with E-state index in [1.807, 2.05) is 24.3 Å². The minimum Gasteiger partial charge on any atom is -0.0990 e. The number of rotatable bonds is 3. The molecule has 0 spiro atoms. The van der Waals surface area contributed by atoms with Gasteiger partial charge in [-0.1, -0.05) is 62.4 Å². The molecule has 23 heavy (non-hydrogen) atoms. The quantitative estimate of drug-likeness (QED) is 0.416. The summed E-state index contributed by atoms with van der Waals surface area (Å²) in [5, 5.41) is 0. The molecule has 1 aliphatic carbocycles. The molecule has 0 saturated heterocycles. The Hall–Kier alpha value is -1.79. The lowest BCUT2D eigenvalue weighted by Crippen LogP contribution is -2.15. The number of fused-ring (bicyclic) bond motifs is 1. The average molecular weight is 410 g/mol. The van der Waals surface area contributed by atoms with E-state index in [2.05, 4.69) is 85.5 Å². The van der Waals surface area contributed by atoms with E-state index in [0.29, 0.717) is 0 Å². The molecule has 0 radical (unpaired) electrons. The monoisotopic (exact) mass is 410 g/mol. The first-order valence-electron chi connectivity index (χ1n) is 7.74. The van der Waals surface area contributed by atoms with Gasteiger partial charge in [-0.3, -0.25) is 0 Å². The fraction of sp³-hybridized carbons (Fsp3) is 0.182. The van der Waals surface area contributed by atoms with Gasteiger partial charge < -0.3 is 0 Å². The molecule has 0 nitrogen and oxygen atoms in total. The van der Waals surface area contributed by atoms with Gasteiger partial charge in [0, 0.05) is 14.6 Å². The molecular formula is C22H19I. The SMILES string of the molecule is C=C/C=C(I)\C=C1/Cc2ccc(-c3c#cccc3)cc2C1(C)C. The lowest BCUT2D eigenvalue weighted by molar-refractivity contribution is 0.644. The first kappa shape index (κ1) is 16.1. The largest absolute Gasteiger partial charge is 0.0990 e. The summed E-state index contributed by atoms with van der Waals surface area (Å²) in [5.74, 6) is 0. The van der Waals surface area contributed by atoms with Crippen molar-refractivity contribution < 1.29 is 0 Å². The minimum atomic E-state index is 0.0509. The third kappa shape index (κ3) is 3.14. The summed E-state index contributed by atoms with van der Waals surface area (Å²) in [6.07, 6.45) is 7.20. The fourth-order valence-electron chi connectivity index (χ4n) is 3.16. The van der Waals surface area contributed by atoms with Crippen LogP contribution < -0.4 is 0 Å². The molecule has 2 aromatic rings. The van der Waals surface area contributed by atoms with E-state index in [9.17, 15) is 0 Å². The highest BCUT2D eigenvalue weighted by Crippen LogP contribution is 2.44. The summed E-state index contributed by atoms with van der Waals surface area (Å²) in [5.41, 5.74) is 6.66. The van der Waals surface area contributed by atoms with Crippen LogP contribution in [0.25, 0.3) is 11.1 Å². The molecule has 0 atom stereocenters. The predicted molar refractivity (Wildman–Crippen MR) is 107 cm³/mol. The Morgan fingerprint density at radius 2 is 2.13 bits per heavy atom. The summed E-state index contributed by atoms with van der Waals surface area (Å²) < 4.78 is 1.22. The van der Waals surface area contributed by atoms with Gasteiger partial charge in [-0.15, -0.1) is 0 Å². The van der Waals surface area contributed by atoms with Crippen LogP contribution >= 0.6 is 22.6 Å². The van der Waals surface area contributed by atoms with Crippen LogP contribution in [0.5, 0.6) is 0 Å². The number of benzene rings is 1. The summed E-state index contributed by atoms with van der Waals surface area (Å²) in [6, 6.07) is 19.0. The Morgan fingerprint density at radius 1 is 1.30 bits per heavy atom. The third-order valence-electron chi connectivity index (χ3n) is 4.52. The Labute approximate surface area is 152 Å². The van der Waals surface area contributed by atoms with E-state index in [-0.39, 0.29) is 5.41 Å². The number of halogens is 1. The summed E-state index contributed by atoms with van der Waals surface area (Å²) in [6.45, 7) is 8.40. The third-order valence-corrected chi connectivity index (χ3v) is 5.19. The van der Waals surface area contributed by atoms with Crippen molar-refractivity contribution in [2.24, 2.45) is 0 Å². The van der Waals surface area contributed by atoms with E-state index < -0.39 is 0 Å². The highest BCUT2D eigenvalue weighted by atomic mass is 127. The number of hydrogen-bond donors (Lipinski definition) is 0. The summed E-state index contributed by atoms with van der Waals surface area (Å²) in [7, 11) is 0. The molecule has 1 heteroatoms. The second-order valence-corrected chi connectivity index (χ2v) is 7.58. The standard InChI is InChI=1S/C22H19I/c1-4-8-20(23)15-19-13-18-12-11-17(14-21(18)22(19,2)3)16-9-6-5-7-10-16/h4-6,8-9,11-12,14-15H,1,13H2,2-3H3/b19-15+,20-8+. The van der Waals surface area contributed by atoms with Crippen LogP contribution in [0.4, 0.5) is 0 Å². The molecule has 0 unspecified atom stereocenters. The molecule has 0 aromatic heterocycles. The van der Waals surface area contributed by atoms with Gasteiger partial charge in [0.05, 0.1) is 0 Å². The van der Waals surface area contributed by atoms with Gasteiger partial charge in [-0.2, -0.15) is 0 Å². The molecule has 114 valence electrons. The molecule has 3 rings (SSSR count). The Balaban J connectivity index is 2.04. The molecular weight excluding hydrogens is 391 g/mol. The van der Waals surface area contributed by atoms with Crippen molar-refractivity contribution in [1.82, 2.24) is 0 Å². The van der Waals surface area contributed by atoms with Crippen molar-refractivity contribution in [3.05, 3.63) is 93.6 Å². The maximum Gasteiger partial charge on any atom is 0.0321 e. The topological polar surface area (TPSA) is 0 Å². The maximum absolute atomic E-state index is 3.78. The van der Waals surface area contributed by atoms with E-state index in [1.165, 1.54) is 25.8 Å². The van der Waals surface area contributed by atoms with Gasteiger partial charge in [0.15, 0.2) is 0 Å². The Kier molecular flexibility index (Phi) is 4.46. The minimum absolute atomic E-state index is 0.0509. The van der Waals surface area contributed by atoms with Crippen LogP contribution in [0.15, 0.2) is 70.4 Å². The van der Waals surface area contributed by atoms with E-state index in [4.69, 9.17) is 0 Å². The molecule has 0 heterocycles. The first-order chi connectivity index (χ1) is 11.0. The molecule has 2 aromatic carbocycles. The fourth-order valence-corrected chi connectivity index (χ4v) is 3.79. The van der Waals surface area contributed by atoms with E-state index in [1.54, 1.807) is 0 Å². The molecule has 0 amide bonds. The Bertz CT molecular complexity index is 792.